The van der Waals surface area contributed by atoms with Crippen LogP contribution in [0.3, 0.4) is 0 Å². The molecule has 0 fully saturated rings. The quantitative estimate of drug-likeness (QED) is 0.529. The first kappa shape index (κ1) is 13.3. The van der Waals surface area contributed by atoms with Crippen LogP contribution >= 0.6 is 11.6 Å². The minimum absolute atomic E-state index is 0.130. The Morgan fingerprint density at radius 2 is 1.71 bits per heavy atom. The van der Waals surface area contributed by atoms with E-state index in [1.54, 1.807) is 42.5 Å². The van der Waals surface area contributed by atoms with Crippen molar-refractivity contribution in [2.75, 3.05) is 0 Å². The molecule has 6 heteroatoms. The van der Waals surface area contributed by atoms with Crippen LogP contribution in [-0.2, 0) is 0 Å². The Balaban J connectivity index is 2.47. The molecule has 3 rings (SSSR count). The normalized spacial score (nSPS) is 10.7. The van der Waals surface area contributed by atoms with E-state index in [-0.39, 0.29) is 21.8 Å². The first-order valence-corrected chi connectivity index (χ1v) is 6.42. The summed E-state index contributed by atoms with van der Waals surface area (Å²) in [6.07, 6.45) is 0. The lowest BCUT2D eigenvalue weighted by Gasteiger charge is -2.05. The standard InChI is InChI=1S/C15H8ClNO4/c16-11-7-3-1-5-9(11)15-13(17(19)20)14(18)10-6-2-4-8-12(10)21-15/h1-8H. The molecule has 0 aliphatic heterocycles. The molecule has 0 unspecified atom stereocenters. The van der Waals surface area contributed by atoms with E-state index in [1.165, 1.54) is 6.07 Å². The molecule has 104 valence electrons. The molecule has 0 amide bonds. The highest BCUT2D eigenvalue weighted by atomic mass is 35.5. The van der Waals surface area contributed by atoms with Crippen molar-refractivity contribution >= 4 is 28.3 Å². The largest absolute Gasteiger partial charge is 0.448 e. The molecule has 0 radical (unpaired) electrons. The molecule has 1 heterocycles. The fourth-order valence-corrected chi connectivity index (χ4v) is 2.35. The van der Waals surface area contributed by atoms with Crippen molar-refractivity contribution in [3.8, 4) is 11.3 Å². The molecular formula is C15H8ClNO4. The fraction of sp³-hybridized carbons (Fsp3) is 0. The molecule has 0 atom stereocenters. The molecule has 0 bridgehead atoms. The maximum atomic E-state index is 12.3. The molecule has 0 N–H and O–H groups in total. The highest BCUT2D eigenvalue weighted by Crippen LogP contribution is 2.34. The summed E-state index contributed by atoms with van der Waals surface area (Å²) in [4.78, 5) is 22.9. The molecular weight excluding hydrogens is 294 g/mol. The number of para-hydroxylation sites is 1. The molecule has 1 aromatic heterocycles. The van der Waals surface area contributed by atoms with E-state index < -0.39 is 16.0 Å². The first-order valence-electron chi connectivity index (χ1n) is 6.04. The summed E-state index contributed by atoms with van der Waals surface area (Å²) in [6.45, 7) is 0. The van der Waals surface area contributed by atoms with E-state index in [1.807, 2.05) is 0 Å². The van der Waals surface area contributed by atoms with Gasteiger partial charge in [0.05, 0.1) is 15.3 Å². The summed E-state index contributed by atoms with van der Waals surface area (Å²) >= 11 is 6.05. The van der Waals surface area contributed by atoms with Gasteiger partial charge in [0.15, 0.2) is 0 Å². The molecule has 0 aliphatic carbocycles. The third-order valence-electron chi connectivity index (χ3n) is 3.07. The van der Waals surface area contributed by atoms with Gasteiger partial charge in [-0.3, -0.25) is 14.9 Å². The van der Waals surface area contributed by atoms with Crippen molar-refractivity contribution in [1.29, 1.82) is 0 Å². The Hall–Kier alpha value is -2.66. The minimum Gasteiger partial charge on any atom is -0.448 e. The van der Waals surface area contributed by atoms with Gasteiger partial charge in [0.1, 0.15) is 5.58 Å². The average Bonchev–Trinajstić information content (AvgIpc) is 2.47. The molecule has 5 nitrogen and oxygen atoms in total. The number of nitrogens with zero attached hydrogens (tertiary/aromatic N) is 1. The molecule has 0 saturated carbocycles. The second-order valence-electron chi connectivity index (χ2n) is 4.34. The van der Waals surface area contributed by atoms with Crippen LogP contribution in [0.2, 0.25) is 5.02 Å². The third kappa shape index (κ3) is 2.17. The zero-order valence-corrected chi connectivity index (χ0v) is 11.3. The highest BCUT2D eigenvalue weighted by molar-refractivity contribution is 6.33. The highest BCUT2D eigenvalue weighted by Gasteiger charge is 2.26. The predicted molar refractivity (Wildman–Crippen MR) is 79.6 cm³/mol. The number of benzene rings is 2. The van der Waals surface area contributed by atoms with E-state index in [4.69, 9.17) is 16.0 Å². The smallest absolute Gasteiger partial charge is 0.359 e. The molecule has 0 aliphatic rings. The van der Waals surface area contributed by atoms with Crippen LogP contribution in [0.15, 0.2) is 57.7 Å². The number of halogens is 1. The topological polar surface area (TPSA) is 73.3 Å². The Bertz CT molecular complexity index is 917. The Kier molecular flexibility index (Phi) is 3.19. The summed E-state index contributed by atoms with van der Waals surface area (Å²) < 4.78 is 5.58. The number of nitro groups is 1. The van der Waals surface area contributed by atoms with Crippen LogP contribution in [0.25, 0.3) is 22.3 Å². The maximum absolute atomic E-state index is 12.3. The van der Waals surface area contributed by atoms with Gasteiger partial charge in [-0.2, -0.15) is 0 Å². The van der Waals surface area contributed by atoms with Crippen molar-refractivity contribution in [2.24, 2.45) is 0 Å². The summed E-state index contributed by atoms with van der Waals surface area (Å²) in [5.41, 5.74) is -0.699. The molecule has 3 aromatic rings. The summed E-state index contributed by atoms with van der Waals surface area (Å²) in [5, 5.41) is 11.7. The number of fused-ring (bicyclic) bond motifs is 1. The van der Waals surface area contributed by atoms with Gasteiger partial charge in [-0.05, 0) is 24.3 Å². The summed E-state index contributed by atoms with van der Waals surface area (Å²) in [5.74, 6) is -0.130. The van der Waals surface area contributed by atoms with Crippen molar-refractivity contribution < 1.29 is 9.34 Å². The minimum atomic E-state index is -0.739. The molecule has 2 aromatic carbocycles. The third-order valence-corrected chi connectivity index (χ3v) is 3.40. The predicted octanol–water partition coefficient (Wildman–Crippen LogP) is 4.02. The SMILES string of the molecule is O=c1c([N+](=O)[O-])c(-c2ccccc2Cl)oc2ccccc12. The lowest BCUT2D eigenvalue weighted by atomic mass is 10.1. The van der Waals surface area contributed by atoms with Crippen molar-refractivity contribution in [3.05, 3.63) is 73.9 Å². The van der Waals surface area contributed by atoms with Gasteiger partial charge in [0.25, 0.3) is 5.43 Å². The lowest BCUT2D eigenvalue weighted by molar-refractivity contribution is -0.386. The Labute approximate surface area is 123 Å². The zero-order valence-electron chi connectivity index (χ0n) is 10.6. The summed E-state index contributed by atoms with van der Waals surface area (Å²) in [6, 6.07) is 12.9. The molecule has 21 heavy (non-hydrogen) atoms. The van der Waals surface area contributed by atoms with E-state index in [9.17, 15) is 14.9 Å². The first-order chi connectivity index (χ1) is 10.1. The zero-order chi connectivity index (χ0) is 15.0. The lowest BCUT2D eigenvalue weighted by Crippen LogP contribution is -2.10. The Morgan fingerprint density at radius 3 is 2.43 bits per heavy atom. The average molecular weight is 302 g/mol. The maximum Gasteiger partial charge on any atom is 0.359 e. The van der Waals surface area contributed by atoms with Crippen molar-refractivity contribution in [1.82, 2.24) is 0 Å². The van der Waals surface area contributed by atoms with Crippen LogP contribution < -0.4 is 5.43 Å². The van der Waals surface area contributed by atoms with E-state index in [0.29, 0.717) is 5.56 Å². The van der Waals surface area contributed by atoms with Crippen LogP contribution in [0.4, 0.5) is 5.69 Å². The van der Waals surface area contributed by atoms with Gasteiger partial charge in [0, 0.05) is 5.56 Å². The van der Waals surface area contributed by atoms with Gasteiger partial charge in [-0.15, -0.1) is 0 Å². The second-order valence-corrected chi connectivity index (χ2v) is 4.75. The van der Waals surface area contributed by atoms with Crippen LogP contribution in [0, 0.1) is 10.1 Å². The monoisotopic (exact) mass is 301 g/mol. The second kappa shape index (κ2) is 5.03. The van der Waals surface area contributed by atoms with Gasteiger partial charge in [-0.25, -0.2) is 0 Å². The van der Waals surface area contributed by atoms with Crippen LogP contribution in [-0.4, -0.2) is 4.92 Å². The van der Waals surface area contributed by atoms with Crippen molar-refractivity contribution in [2.45, 2.75) is 0 Å². The number of hydrogen-bond acceptors (Lipinski definition) is 4. The van der Waals surface area contributed by atoms with E-state index in [2.05, 4.69) is 0 Å². The van der Waals surface area contributed by atoms with E-state index >= 15 is 0 Å². The van der Waals surface area contributed by atoms with E-state index in [0.717, 1.165) is 0 Å². The molecule has 0 saturated heterocycles. The van der Waals surface area contributed by atoms with Gasteiger partial charge < -0.3 is 4.42 Å². The van der Waals surface area contributed by atoms with Gasteiger partial charge >= 0.3 is 5.69 Å². The Morgan fingerprint density at radius 1 is 1.05 bits per heavy atom. The van der Waals surface area contributed by atoms with Gasteiger partial charge in [0.2, 0.25) is 5.76 Å². The van der Waals surface area contributed by atoms with Crippen LogP contribution in [0.1, 0.15) is 0 Å². The van der Waals surface area contributed by atoms with Gasteiger partial charge in [-0.1, -0.05) is 35.9 Å². The number of hydrogen-bond donors (Lipinski definition) is 0. The summed E-state index contributed by atoms with van der Waals surface area (Å²) in [7, 11) is 0. The van der Waals surface area contributed by atoms with Crippen molar-refractivity contribution in [3.63, 3.8) is 0 Å². The molecule has 0 spiro atoms. The number of rotatable bonds is 2. The van der Waals surface area contributed by atoms with Crippen LogP contribution in [0.5, 0.6) is 0 Å². The fourth-order valence-electron chi connectivity index (χ4n) is 2.13.